The van der Waals surface area contributed by atoms with E-state index in [9.17, 15) is 0 Å². The van der Waals surface area contributed by atoms with Crippen molar-refractivity contribution >= 4 is 0 Å². The summed E-state index contributed by atoms with van der Waals surface area (Å²) in [6, 6.07) is 0. The molecule has 0 unspecified atom stereocenters. The molecule has 0 aliphatic rings. The number of hydrogen-bond donors (Lipinski definition) is 0. The van der Waals surface area contributed by atoms with Crippen molar-refractivity contribution in [2.75, 3.05) is 0 Å². The van der Waals surface area contributed by atoms with Crippen molar-refractivity contribution in [3.8, 4) is 17.8 Å². The van der Waals surface area contributed by atoms with Crippen molar-refractivity contribution in [1.82, 2.24) is 0 Å². The van der Waals surface area contributed by atoms with E-state index in [0.717, 1.165) is 0 Å². The van der Waals surface area contributed by atoms with Crippen molar-refractivity contribution in [3.05, 3.63) is 16.4 Å². The van der Waals surface area contributed by atoms with Crippen molar-refractivity contribution in [3.63, 3.8) is 0 Å². The molecule has 0 aromatic carbocycles. The molecule has 0 fully saturated rings. The van der Waals surface area contributed by atoms with Crippen LogP contribution in [0.1, 0.15) is 9.78 Å². The van der Waals surface area contributed by atoms with Crippen molar-refractivity contribution < 1.29 is 35.8 Å². The molecule has 0 saturated carbocycles. The molecule has 0 N–H and O–H groups in total. The Labute approximate surface area is 77.2 Å². The van der Waals surface area contributed by atoms with Crippen LogP contribution in [0.25, 0.3) is 0 Å². The van der Waals surface area contributed by atoms with Gasteiger partial charge in [-0.15, -0.1) is 0 Å². The van der Waals surface area contributed by atoms with E-state index in [1.165, 1.54) is 0 Å². The fourth-order valence-corrected chi connectivity index (χ4v) is 0.0625. The normalized spacial score (nSPS) is 2.22. The second kappa shape index (κ2) is 47.3. The number of hydrogen-bond acceptors (Lipinski definition) is 2. The topological polar surface area (TPSA) is 34.1 Å². The smallest absolute Gasteiger partial charge is 0.358 e. The summed E-state index contributed by atoms with van der Waals surface area (Å²) < 4.78 is 0. The zero-order valence-electron chi connectivity index (χ0n) is 4.45. The molecular formula is C5H7Ni2O2+. The fraction of sp³-hybridized carbons (Fsp3) is 0.200. The van der Waals surface area contributed by atoms with Gasteiger partial charge in [0.25, 0.3) is 0 Å². The molecule has 0 radical (unpaired) electrons. The first-order valence-corrected chi connectivity index (χ1v) is 1.42. The predicted molar refractivity (Wildman–Crippen MR) is 31.5 cm³/mol. The Hall–Kier alpha value is -0.293. The summed E-state index contributed by atoms with van der Waals surface area (Å²) >= 11 is 0. The molecule has 0 heterocycles. The van der Waals surface area contributed by atoms with Gasteiger partial charge < -0.3 is 6.42 Å². The fourth-order valence-electron chi connectivity index (χ4n) is 0.0625. The van der Waals surface area contributed by atoms with Crippen LogP contribution in [0.5, 0.6) is 0 Å². The molecular weight excluding hydrogens is 209 g/mol. The minimum Gasteiger partial charge on any atom is -0.358 e. The van der Waals surface area contributed by atoms with E-state index >= 15 is 0 Å². The van der Waals surface area contributed by atoms with Crippen LogP contribution in [0.15, 0.2) is 0 Å². The van der Waals surface area contributed by atoms with Gasteiger partial charge in [-0.25, -0.2) is 5.92 Å². The molecule has 4 heteroatoms. The van der Waals surface area contributed by atoms with Crippen LogP contribution in [0.2, 0.25) is 0 Å². The second-order valence-electron chi connectivity index (χ2n) is 0.500. The van der Waals surface area contributed by atoms with Crippen LogP contribution in [-0.4, -0.2) is 0 Å². The van der Waals surface area contributed by atoms with Gasteiger partial charge in [-0.2, -0.15) is 0 Å². The maximum atomic E-state index is 7.00. The van der Waals surface area contributed by atoms with E-state index in [0.29, 0.717) is 0 Å². The van der Waals surface area contributed by atoms with Crippen molar-refractivity contribution in [2.45, 2.75) is 6.92 Å². The summed E-state index contributed by atoms with van der Waals surface area (Å²) in [5, 5.41) is 0. The molecule has 0 bridgehead atoms. The molecule has 0 spiro atoms. The zero-order valence-corrected chi connectivity index (χ0v) is 6.42. The Bertz CT molecular complexity index is 125. The van der Waals surface area contributed by atoms with E-state index < -0.39 is 0 Å². The predicted octanol–water partition coefficient (Wildman–Crippen LogP) is 1.15. The van der Waals surface area contributed by atoms with Gasteiger partial charge in [0, 0.05) is 29.3 Å². The molecule has 0 rings (SSSR count). The van der Waals surface area contributed by atoms with Crippen LogP contribution in [0, 0.1) is 34.1 Å². The Kier molecular flexibility index (Phi) is 123. The Morgan fingerprint density at radius 2 is 1.78 bits per heavy atom. The molecule has 2 nitrogen and oxygen atoms in total. The van der Waals surface area contributed by atoms with Crippen LogP contribution in [0.3, 0.4) is 0 Å². The van der Waals surface area contributed by atoms with Gasteiger partial charge in [-0.05, 0) is 6.92 Å². The van der Waals surface area contributed by atoms with Gasteiger partial charge >= 0.3 is 16.5 Å². The van der Waals surface area contributed by atoms with Crippen LogP contribution < -0.4 is 0 Å². The quantitative estimate of drug-likeness (QED) is 0.346. The third kappa shape index (κ3) is 86.1. The minimum absolute atomic E-state index is 0. The minimum atomic E-state index is 0. The van der Waals surface area contributed by atoms with Gasteiger partial charge in [0.1, 0.15) is 0 Å². The van der Waals surface area contributed by atoms with E-state index in [-0.39, 0.29) is 35.8 Å². The molecule has 0 aromatic rings. The van der Waals surface area contributed by atoms with E-state index in [2.05, 4.69) is 11.8 Å². The van der Waals surface area contributed by atoms with E-state index in [1.54, 1.807) is 6.92 Å². The Balaban J connectivity index is -0.00000000972. The average molecular weight is 216 g/mol. The molecule has 0 saturated heterocycles. The van der Waals surface area contributed by atoms with E-state index in [1.807, 2.05) is 5.92 Å². The van der Waals surface area contributed by atoms with Crippen molar-refractivity contribution in [2.24, 2.45) is 0 Å². The monoisotopic (exact) mass is 215 g/mol. The molecule has 0 aliphatic carbocycles. The molecule has 9 heavy (non-hydrogen) atoms. The van der Waals surface area contributed by atoms with E-state index in [4.69, 9.17) is 16.4 Å². The van der Waals surface area contributed by atoms with Gasteiger partial charge in [0.15, 0.2) is 0 Å². The SMILES string of the molecule is O=O.[C-]#CC#CC.[HH].[HH].[Ni+2].[Ni]. The molecule has 58 valence electrons. The summed E-state index contributed by atoms with van der Waals surface area (Å²) in [5.41, 5.74) is 0. The number of rotatable bonds is 0. The average Bonchev–Trinajstić information content (AvgIpc) is 1.75. The molecule has 0 aromatic heterocycles. The summed E-state index contributed by atoms with van der Waals surface area (Å²) in [7, 11) is 0. The van der Waals surface area contributed by atoms with Gasteiger partial charge in [0.2, 0.25) is 0 Å². The first-order valence-electron chi connectivity index (χ1n) is 1.42. The zero-order chi connectivity index (χ0) is 6.12. The maximum Gasteiger partial charge on any atom is 2.00 e. The van der Waals surface area contributed by atoms with Gasteiger partial charge in [0.05, 0.1) is 0 Å². The molecule has 0 amide bonds. The third-order valence-electron chi connectivity index (χ3n) is 0.188. The maximum absolute atomic E-state index is 7.00. The second-order valence-corrected chi connectivity index (χ2v) is 0.500. The summed E-state index contributed by atoms with van der Waals surface area (Å²) in [6.07, 6.45) is 6.18. The molecule has 0 aliphatic heterocycles. The van der Waals surface area contributed by atoms with Crippen molar-refractivity contribution in [1.29, 1.82) is 0 Å². The first-order chi connectivity index (χ1) is 3.41. The standard InChI is InChI=1S/C5H3.2Ni.O2.2H2/c1-3-5-4-2;;;1-2;;/h1H3;;;;2*1H/q-1;;+2;;;. The van der Waals surface area contributed by atoms with Gasteiger partial charge in [-0.3, -0.25) is 11.8 Å². The van der Waals surface area contributed by atoms with Gasteiger partial charge in [-0.1, -0.05) is 0 Å². The first kappa shape index (κ1) is 23.3. The van der Waals surface area contributed by atoms with Crippen LogP contribution >= 0.6 is 0 Å². The summed E-state index contributed by atoms with van der Waals surface area (Å²) in [5.74, 6) is 6.65. The largest absolute Gasteiger partial charge is 2.00 e. The summed E-state index contributed by atoms with van der Waals surface area (Å²) in [6.45, 7) is 1.67. The molecule has 0 atom stereocenters. The Morgan fingerprint density at radius 3 is 1.78 bits per heavy atom. The Morgan fingerprint density at radius 1 is 1.44 bits per heavy atom. The third-order valence-corrected chi connectivity index (χ3v) is 0.188. The van der Waals surface area contributed by atoms with Crippen LogP contribution in [-0.2, 0) is 33.0 Å². The summed E-state index contributed by atoms with van der Waals surface area (Å²) in [4.78, 5) is 14.0. The van der Waals surface area contributed by atoms with Crippen LogP contribution in [0.4, 0.5) is 0 Å².